The normalized spacial score (nSPS) is 31.1. The molecule has 1 aromatic rings. The molecule has 3 fully saturated rings. The van der Waals surface area contributed by atoms with Crippen LogP contribution in [0.1, 0.15) is 18.4 Å². The average Bonchev–Trinajstić information content (AvgIpc) is 2.36. The molecular weight excluding hydrogens is 198 g/mol. The number of fused-ring (bicyclic) bond motifs is 3. The first kappa shape index (κ1) is 9.91. The summed E-state index contributed by atoms with van der Waals surface area (Å²) in [5, 5.41) is 10.2. The van der Waals surface area contributed by atoms with E-state index in [9.17, 15) is 5.11 Å². The Morgan fingerprint density at radius 3 is 2.44 bits per heavy atom. The smallest absolute Gasteiger partial charge is 0.0965 e. The maximum atomic E-state index is 10.2. The molecule has 16 heavy (non-hydrogen) atoms. The van der Waals surface area contributed by atoms with Gasteiger partial charge in [0.2, 0.25) is 0 Å². The fourth-order valence-corrected chi connectivity index (χ4v) is 2.80. The largest absolute Gasteiger partial charge is 0.387 e. The predicted octanol–water partition coefficient (Wildman–Crippen LogP) is 2.11. The number of nitrogens with zero attached hydrogens (tertiary/aromatic N) is 1. The fraction of sp³-hybridized carbons (Fsp3) is 0.429. The Morgan fingerprint density at radius 2 is 1.81 bits per heavy atom. The van der Waals surface area contributed by atoms with Crippen molar-refractivity contribution in [2.45, 2.75) is 18.9 Å². The summed E-state index contributed by atoms with van der Waals surface area (Å²) < 4.78 is 0. The van der Waals surface area contributed by atoms with Gasteiger partial charge in [-0.2, -0.15) is 0 Å². The molecule has 3 aliphatic heterocycles. The minimum absolute atomic E-state index is 0.247. The number of rotatable bonds is 1. The molecule has 1 aromatic carbocycles. The van der Waals surface area contributed by atoms with E-state index in [4.69, 9.17) is 0 Å². The minimum atomic E-state index is -0.247. The second kappa shape index (κ2) is 3.95. The summed E-state index contributed by atoms with van der Waals surface area (Å²) in [7, 11) is 0. The van der Waals surface area contributed by atoms with Crippen LogP contribution in [0.25, 0.3) is 6.08 Å². The predicted molar refractivity (Wildman–Crippen MR) is 64.7 cm³/mol. The van der Waals surface area contributed by atoms with Gasteiger partial charge in [0.05, 0.1) is 6.10 Å². The first-order valence-electron chi connectivity index (χ1n) is 6.04. The summed E-state index contributed by atoms with van der Waals surface area (Å²) >= 11 is 0. The Kier molecular flexibility index (Phi) is 2.44. The molecular formula is C14H17NO. The van der Waals surface area contributed by atoms with Crippen LogP contribution in [-0.4, -0.2) is 29.2 Å². The van der Waals surface area contributed by atoms with E-state index in [2.05, 4.69) is 23.1 Å². The van der Waals surface area contributed by atoms with Crippen LogP contribution < -0.4 is 0 Å². The van der Waals surface area contributed by atoms with E-state index >= 15 is 0 Å². The number of piperidine rings is 3. The summed E-state index contributed by atoms with van der Waals surface area (Å²) in [5.41, 5.74) is 2.30. The Bertz CT molecular complexity index is 386. The second-order valence-corrected chi connectivity index (χ2v) is 4.75. The molecule has 2 bridgehead atoms. The van der Waals surface area contributed by atoms with E-state index in [-0.39, 0.29) is 6.10 Å². The maximum Gasteiger partial charge on any atom is 0.0965 e. The van der Waals surface area contributed by atoms with Crippen LogP contribution in [0.2, 0.25) is 0 Å². The summed E-state index contributed by atoms with van der Waals surface area (Å²) in [6, 6.07) is 10.3. The zero-order valence-corrected chi connectivity index (χ0v) is 9.34. The van der Waals surface area contributed by atoms with E-state index in [0.717, 1.165) is 31.6 Å². The van der Waals surface area contributed by atoms with E-state index < -0.39 is 0 Å². The number of aliphatic hydroxyl groups is 1. The van der Waals surface area contributed by atoms with Crippen molar-refractivity contribution in [3.8, 4) is 0 Å². The molecule has 0 amide bonds. The van der Waals surface area contributed by atoms with Crippen molar-refractivity contribution in [3.05, 3.63) is 41.6 Å². The van der Waals surface area contributed by atoms with Crippen molar-refractivity contribution >= 4 is 6.08 Å². The van der Waals surface area contributed by atoms with Gasteiger partial charge in [-0.25, -0.2) is 0 Å². The van der Waals surface area contributed by atoms with Crippen LogP contribution in [0.5, 0.6) is 0 Å². The lowest BCUT2D eigenvalue weighted by Gasteiger charge is -2.45. The molecule has 0 aliphatic carbocycles. The molecule has 0 unspecified atom stereocenters. The quantitative estimate of drug-likeness (QED) is 0.775. The number of hydrogen-bond acceptors (Lipinski definition) is 2. The third-order valence-electron chi connectivity index (χ3n) is 3.77. The van der Waals surface area contributed by atoms with Crippen molar-refractivity contribution in [3.63, 3.8) is 0 Å². The van der Waals surface area contributed by atoms with Crippen LogP contribution >= 0.6 is 0 Å². The van der Waals surface area contributed by atoms with Gasteiger partial charge in [0.15, 0.2) is 0 Å². The van der Waals surface area contributed by atoms with Crippen molar-refractivity contribution < 1.29 is 5.11 Å². The van der Waals surface area contributed by atoms with Crippen molar-refractivity contribution in [1.29, 1.82) is 0 Å². The molecule has 3 heterocycles. The zero-order valence-electron chi connectivity index (χ0n) is 9.34. The minimum Gasteiger partial charge on any atom is -0.387 e. The average molecular weight is 215 g/mol. The highest BCUT2D eigenvalue weighted by Gasteiger charge is 2.36. The van der Waals surface area contributed by atoms with Gasteiger partial charge in [-0.1, -0.05) is 30.3 Å². The fourth-order valence-electron chi connectivity index (χ4n) is 2.80. The summed E-state index contributed by atoms with van der Waals surface area (Å²) in [6.45, 7) is 2.22. The van der Waals surface area contributed by atoms with Gasteiger partial charge in [-0.3, -0.25) is 0 Å². The number of aliphatic hydroxyl groups excluding tert-OH is 1. The Labute approximate surface area is 96.2 Å². The molecule has 3 aliphatic rings. The summed E-state index contributed by atoms with van der Waals surface area (Å²) in [6.07, 6.45) is 4.18. The lowest BCUT2D eigenvalue weighted by molar-refractivity contribution is 0.0215. The summed E-state index contributed by atoms with van der Waals surface area (Å²) in [5.74, 6) is 0.486. The van der Waals surface area contributed by atoms with E-state index in [1.165, 1.54) is 5.56 Å². The highest BCUT2D eigenvalue weighted by atomic mass is 16.3. The number of hydrogen-bond donors (Lipinski definition) is 1. The zero-order chi connectivity index (χ0) is 11.0. The molecule has 4 rings (SSSR count). The monoisotopic (exact) mass is 215 g/mol. The van der Waals surface area contributed by atoms with Crippen molar-refractivity contribution in [2.75, 3.05) is 13.1 Å². The second-order valence-electron chi connectivity index (χ2n) is 4.75. The van der Waals surface area contributed by atoms with Crippen LogP contribution in [-0.2, 0) is 0 Å². The molecule has 1 atom stereocenters. The van der Waals surface area contributed by atoms with Crippen LogP contribution in [0.15, 0.2) is 36.0 Å². The highest BCUT2D eigenvalue weighted by molar-refractivity contribution is 5.54. The summed E-state index contributed by atoms with van der Waals surface area (Å²) in [4.78, 5) is 2.33. The Hall–Kier alpha value is -1.28. The number of benzene rings is 1. The van der Waals surface area contributed by atoms with Crippen molar-refractivity contribution in [1.82, 2.24) is 4.90 Å². The molecule has 84 valence electrons. The molecule has 1 N–H and O–H groups in total. The van der Waals surface area contributed by atoms with E-state index in [1.807, 2.05) is 18.2 Å². The highest BCUT2D eigenvalue weighted by Crippen LogP contribution is 2.35. The van der Waals surface area contributed by atoms with Crippen LogP contribution in [0.3, 0.4) is 0 Å². The van der Waals surface area contributed by atoms with Crippen molar-refractivity contribution in [2.24, 2.45) is 5.92 Å². The van der Waals surface area contributed by atoms with Gasteiger partial charge in [0.1, 0.15) is 0 Å². The molecule has 3 saturated heterocycles. The lowest BCUT2D eigenvalue weighted by Crippen LogP contribution is -2.48. The topological polar surface area (TPSA) is 23.5 Å². The molecule has 0 spiro atoms. The molecule has 0 radical (unpaired) electrons. The molecule has 0 saturated carbocycles. The van der Waals surface area contributed by atoms with Gasteiger partial charge >= 0.3 is 0 Å². The SMILES string of the molecule is O[C@@H]1/C(=C\c2ccccc2)N2CCC1CC2. The Morgan fingerprint density at radius 1 is 1.12 bits per heavy atom. The van der Waals surface area contributed by atoms with E-state index in [1.54, 1.807) is 0 Å². The first-order valence-corrected chi connectivity index (χ1v) is 6.04. The van der Waals surface area contributed by atoms with E-state index in [0.29, 0.717) is 5.92 Å². The van der Waals surface area contributed by atoms with Gasteiger partial charge in [-0.05, 0) is 30.4 Å². The lowest BCUT2D eigenvalue weighted by atomic mass is 9.83. The Balaban J connectivity index is 1.92. The van der Waals surface area contributed by atoms with Crippen LogP contribution in [0.4, 0.5) is 0 Å². The van der Waals surface area contributed by atoms with Gasteiger partial charge in [0.25, 0.3) is 0 Å². The van der Waals surface area contributed by atoms with Gasteiger partial charge in [0, 0.05) is 18.8 Å². The third-order valence-corrected chi connectivity index (χ3v) is 3.77. The van der Waals surface area contributed by atoms with Gasteiger partial charge in [-0.15, -0.1) is 0 Å². The molecule has 2 heteroatoms. The molecule has 0 aromatic heterocycles. The molecule has 2 nitrogen and oxygen atoms in total. The van der Waals surface area contributed by atoms with Crippen LogP contribution in [0, 0.1) is 5.92 Å². The maximum absolute atomic E-state index is 10.2. The first-order chi connectivity index (χ1) is 7.84. The van der Waals surface area contributed by atoms with Gasteiger partial charge < -0.3 is 10.0 Å². The third kappa shape index (κ3) is 1.63. The standard InChI is InChI=1S/C14H17NO/c16-14-12-6-8-15(9-7-12)13(14)10-11-4-2-1-3-5-11/h1-5,10,12,14,16H,6-9H2/b13-10+/t14-/m0/s1.